The average molecular weight is 327 g/mol. The van der Waals surface area contributed by atoms with Crippen LogP contribution in [0.4, 0.5) is 9.52 Å². The van der Waals surface area contributed by atoms with E-state index >= 15 is 0 Å². The second kappa shape index (κ2) is 7.51. The number of nitrogens with one attached hydrogen (secondary N) is 1. The lowest BCUT2D eigenvalue weighted by atomic mass is 10.2. The maximum absolute atomic E-state index is 13.5. The van der Waals surface area contributed by atoms with E-state index < -0.39 is 0 Å². The molecule has 3 aromatic rings. The summed E-state index contributed by atoms with van der Waals surface area (Å²) in [5.74, 6) is 0.419. The van der Waals surface area contributed by atoms with Crippen molar-refractivity contribution in [2.24, 2.45) is 5.10 Å². The first kappa shape index (κ1) is 15.2. The molecule has 0 saturated carbocycles. The number of aromatic nitrogens is 1. The molecule has 4 nitrogen and oxygen atoms in total. The van der Waals surface area contributed by atoms with E-state index in [9.17, 15) is 4.39 Å². The Morgan fingerprint density at radius 2 is 2.00 bits per heavy atom. The summed E-state index contributed by atoms with van der Waals surface area (Å²) in [7, 11) is 0. The fourth-order valence-electron chi connectivity index (χ4n) is 1.87. The first-order valence-corrected chi connectivity index (χ1v) is 7.84. The minimum Gasteiger partial charge on any atom is -0.489 e. The quantitative estimate of drug-likeness (QED) is 0.542. The Balaban J connectivity index is 1.54. The van der Waals surface area contributed by atoms with Gasteiger partial charge in [0.25, 0.3) is 0 Å². The molecule has 0 radical (unpaired) electrons. The molecule has 0 atom stereocenters. The second-order valence-corrected chi connectivity index (χ2v) is 5.55. The number of hydrogen-bond acceptors (Lipinski definition) is 5. The molecule has 0 aliphatic carbocycles. The molecule has 0 amide bonds. The van der Waals surface area contributed by atoms with E-state index in [1.54, 1.807) is 30.6 Å². The number of halogens is 1. The highest BCUT2D eigenvalue weighted by Crippen LogP contribution is 2.15. The summed E-state index contributed by atoms with van der Waals surface area (Å²) in [6.45, 7) is 0.200. The summed E-state index contributed by atoms with van der Waals surface area (Å²) in [6, 6.07) is 14.0. The van der Waals surface area contributed by atoms with Crippen molar-refractivity contribution >= 4 is 22.7 Å². The zero-order valence-corrected chi connectivity index (χ0v) is 13.0. The molecule has 6 heteroatoms. The third-order valence-electron chi connectivity index (χ3n) is 3.04. The number of ether oxygens (including phenoxy) is 1. The highest BCUT2D eigenvalue weighted by Gasteiger charge is 2.01. The molecule has 0 spiro atoms. The number of benzene rings is 2. The lowest BCUT2D eigenvalue weighted by Crippen LogP contribution is -1.98. The van der Waals surface area contributed by atoms with Crippen molar-refractivity contribution in [3.05, 3.63) is 77.1 Å². The zero-order chi connectivity index (χ0) is 15.9. The Labute approximate surface area is 137 Å². The van der Waals surface area contributed by atoms with Crippen molar-refractivity contribution in [2.75, 3.05) is 5.43 Å². The first-order chi connectivity index (χ1) is 11.3. The first-order valence-electron chi connectivity index (χ1n) is 6.96. The maximum atomic E-state index is 13.5. The predicted molar refractivity (Wildman–Crippen MR) is 90.5 cm³/mol. The van der Waals surface area contributed by atoms with Gasteiger partial charge in [0.2, 0.25) is 5.13 Å². The van der Waals surface area contributed by atoms with Crippen molar-refractivity contribution in [3.8, 4) is 5.75 Å². The van der Waals surface area contributed by atoms with E-state index in [1.807, 2.05) is 29.6 Å². The summed E-state index contributed by atoms with van der Waals surface area (Å²) in [6.07, 6.45) is 3.41. The van der Waals surface area contributed by atoms with Gasteiger partial charge in [-0.15, -0.1) is 11.3 Å². The van der Waals surface area contributed by atoms with Gasteiger partial charge in [0.1, 0.15) is 18.2 Å². The molecule has 1 heterocycles. The molecule has 0 aliphatic rings. The van der Waals surface area contributed by atoms with Crippen LogP contribution in [0.5, 0.6) is 5.75 Å². The molecule has 3 rings (SSSR count). The van der Waals surface area contributed by atoms with Gasteiger partial charge >= 0.3 is 0 Å². The van der Waals surface area contributed by atoms with Crippen LogP contribution >= 0.6 is 11.3 Å². The van der Waals surface area contributed by atoms with Gasteiger partial charge in [-0.1, -0.05) is 18.2 Å². The van der Waals surface area contributed by atoms with Gasteiger partial charge in [0.15, 0.2) is 0 Å². The highest BCUT2D eigenvalue weighted by atomic mass is 32.1. The van der Waals surface area contributed by atoms with Gasteiger partial charge in [-0.2, -0.15) is 5.10 Å². The maximum Gasteiger partial charge on any atom is 0.203 e. The fourth-order valence-corrected chi connectivity index (χ4v) is 2.35. The summed E-state index contributed by atoms with van der Waals surface area (Å²) in [5.41, 5.74) is 4.30. The standard InChI is InChI=1S/C17H14FN3OS/c18-16-4-2-1-3-14(16)12-22-15-7-5-13(6-8-15)11-20-21-17-19-9-10-23-17/h1-11H,12H2,(H,19,21)/b20-11+. The smallest absolute Gasteiger partial charge is 0.203 e. The van der Waals surface area contributed by atoms with Crippen molar-refractivity contribution in [1.82, 2.24) is 4.98 Å². The summed E-state index contributed by atoms with van der Waals surface area (Å²) < 4.78 is 19.1. The second-order valence-electron chi connectivity index (χ2n) is 4.66. The van der Waals surface area contributed by atoms with Gasteiger partial charge in [0, 0.05) is 17.1 Å². The van der Waals surface area contributed by atoms with Crippen LogP contribution in [0.2, 0.25) is 0 Å². The minimum absolute atomic E-state index is 0.200. The number of anilines is 1. The lowest BCUT2D eigenvalue weighted by molar-refractivity contribution is 0.300. The summed E-state index contributed by atoms with van der Waals surface area (Å²) in [5, 5.41) is 6.72. The Morgan fingerprint density at radius 1 is 1.17 bits per heavy atom. The van der Waals surface area contributed by atoms with Crippen molar-refractivity contribution in [3.63, 3.8) is 0 Å². The SMILES string of the molecule is Fc1ccccc1COc1ccc(/C=N/Nc2nccs2)cc1. The minimum atomic E-state index is -0.260. The lowest BCUT2D eigenvalue weighted by Gasteiger charge is -2.07. The Kier molecular flexibility index (Phi) is 4.95. The van der Waals surface area contributed by atoms with Crippen LogP contribution in [0.25, 0.3) is 0 Å². The van der Waals surface area contributed by atoms with Crippen LogP contribution in [-0.4, -0.2) is 11.2 Å². The van der Waals surface area contributed by atoms with Gasteiger partial charge in [-0.05, 0) is 35.9 Å². The van der Waals surface area contributed by atoms with Crippen molar-refractivity contribution < 1.29 is 9.13 Å². The third kappa shape index (κ3) is 4.37. The number of nitrogens with zero attached hydrogens (tertiary/aromatic N) is 2. The van der Waals surface area contributed by atoms with Gasteiger partial charge in [0.05, 0.1) is 6.21 Å². The van der Waals surface area contributed by atoms with E-state index in [-0.39, 0.29) is 12.4 Å². The van der Waals surface area contributed by atoms with E-state index in [0.717, 1.165) is 10.7 Å². The molecule has 1 N–H and O–H groups in total. The highest BCUT2D eigenvalue weighted by molar-refractivity contribution is 7.13. The van der Waals surface area contributed by atoms with Crippen LogP contribution in [0, 0.1) is 5.82 Å². The third-order valence-corrected chi connectivity index (χ3v) is 3.72. The number of hydrogen-bond donors (Lipinski definition) is 1. The number of hydrazone groups is 1. The summed E-state index contributed by atoms with van der Waals surface area (Å²) in [4.78, 5) is 4.06. The monoisotopic (exact) mass is 327 g/mol. The van der Waals surface area contributed by atoms with Crippen LogP contribution in [0.1, 0.15) is 11.1 Å². The Hall–Kier alpha value is -2.73. The molecule has 0 fully saturated rings. The van der Waals surface area contributed by atoms with Gasteiger partial charge in [-0.3, -0.25) is 5.43 Å². The van der Waals surface area contributed by atoms with E-state index in [1.165, 1.54) is 17.4 Å². The molecular formula is C17H14FN3OS. The molecule has 2 aromatic carbocycles. The van der Waals surface area contributed by atoms with Crippen molar-refractivity contribution in [1.29, 1.82) is 0 Å². The topological polar surface area (TPSA) is 46.5 Å². The zero-order valence-electron chi connectivity index (χ0n) is 12.1. The number of thiazole rings is 1. The summed E-state index contributed by atoms with van der Waals surface area (Å²) >= 11 is 1.48. The molecule has 0 unspecified atom stereocenters. The van der Waals surface area contributed by atoms with Crippen LogP contribution in [-0.2, 0) is 6.61 Å². The molecule has 0 saturated heterocycles. The van der Waals surface area contributed by atoms with E-state index in [4.69, 9.17) is 4.74 Å². The molecule has 116 valence electrons. The van der Waals surface area contributed by atoms with Crippen LogP contribution < -0.4 is 10.2 Å². The fraction of sp³-hybridized carbons (Fsp3) is 0.0588. The molecule has 0 aliphatic heterocycles. The van der Waals surface area contributed by atoms with Crippen molar-refractivity contribution in [2.45, 2.75) is 6.61 Å². The largest absolute Gasteiger partial charge is 0.489 e. The molecule has 0 bridgehead atoms. The van der Waals surface area contributed by atoms with Gasteiger partial charge < -0.3 is 4.74 Å². The van der Waals surface area contributed by atoms with E-state index in [2.05, 4.69) is 15.5 Å². The number of rotatable bonds is 6. The van der Waals surface area contributed by atoms with Gasteiger partial charge in [-0.25, -0.2) is 9.37 Å². The average Bonchev–Trinajstić information content (AvgIpc) is 3.09. The van der Waals surface area contributed by atoms with Crippen LogP contribution in [0.3, 0.4) is 0 Å². The van der Waals surface area contributed by atoms with Crippen LogP contribution in [0.15, 0.2) is 65.2 Å². The van der Waals surface area contributed by atoms with E-state index in [0.29, 0.717) is 11.3 Å². The Bertz CT molecular complexity index is 773. The molecule has 1 aromatic heterocycles. The molecule has 23 heavy (non-hydrogen) atoms. The predicted octanol–water partition coefficient (Wildman–Crippen LogP) is 4.31. The molecular weight excluding hydrogens is 313 g/mol. The normalized spacial score (nSPS) is 10.8. The Morgan fingerprint density at radius 3 is 2.74 bits per heavy atom.